The Balaban J connectivity index is 2.86. The van der Waals surface area contributed by atoms with Gasteiger partial charge in [-0.25, -0.2) is 4.98 Å². The number of pyridine rings is 1. The van der Waals surface area contributed by atoms with E-state index in [1.165, 1.54) is 6.07 Å². The van der Waals surface area contributed by atoms with E-state index in [-0.39, 0.29) is 10.6 Å². The number of anilines is 2. The predicted molar refractivity (Wildman–Crippen MR) is 59.3 cm³/mol. The molecule has 2 N–H and O–H groups in total. The molecule has 1 aromatic rings. The van der Waals surface area contributed by atoms with Crippen LogP contribution < -0.4 is 10.6 Å². The van der Waals surface area contributed by atoms with Gasteiger partial charge in [0, 0.05) is 29.4 Å². The Morgan fingerprint density at radius 2 is 2.43 bits per heavy atom. The van der Waals surface area contributed by atoms with Crippen LogP contribution in [0.1, 0.15) is 36.0 Å². The van der Waals surface area contributed by atoms with Gasteiger partial charge in [0.05, 0.1) is 11.9 Å². The number of nitrogens with two attached hydrogens (primary N) is 1. The van der Waals surface area contributed by atoms with Crippen molar-refractivity contribution in [1.82, 2.24) is 4.98 Å². The number of nitrogen functional groups attached to an aromatic ring is 1. The van der Waals surface area contributed by atoms with Crippen LogP contribution in [0, 0.1) is 5.89 Å². The lowest BCUT2D eigenvalue weighted by atomic mass is 9.99. The number of rotatable bonds is 1. The number of hydrogen-bond donors (Lipinski definition) is 1. The first-order chi connectivity index (χ1) is 11.4. The first kappa shape index (κ1) is 2.65. The first-order valence-corrected chi connectivity index (χ1v) is 3.89. The maximum absolute atomic E-state index is 8.12. The molecule has 0 saturated carbocycles. The molecule has 0 aromatic carbocycles. The van der Waals surface area contributed by atoms with Gasteiger partial charge in [-0.1, -0.05) is 6.85 Å². The molecule has 2 heterocycles. The highest BCUT2D eigenvalue weighted by atomic mass is 15.2. The highest BCUT2D eigenvalue weighted by molar-refractivity contribution is 5.45. The minimum absolute atomic E-state index is 0.0952. The summed E-state index contributed by atoms with van der Waals surface area (Å²) >= 11 is 0. The molecule has 1 saturated heterocycles. The Hall–Kier alpha value is -1.25. The third-order valence-corrected chi connectivity index (χ3v) is 1.59. The lowest BCUT2D eigenvalue weighted by Gasteiger charge is -2.31. The van der Waals surface area contributed by atoms with Gasteiger partial charge in [-0.15, -0.1) is 0 Å². The summed E-state index contributed by atoms with van der Waals surface area (Å²) in [7, 11) is 0. The molecule has 0 unspecified atom stereocenters. The maximum atomic E-state index is 8.12. The van der Waals surface area contributed by atoms with E-state index < -0.39 is 44.3 Å². The van der Waals surface area contributed by atoms with E-state index >= 15 is 0 Å². The highest BCUT2D eigenvalue weighted by Crippen LogP contribution is 2.21. The molecule has 2 rings (SSSR count). The molecule has 0 amide bonds. The molecule has 0 atom stereocenters. The second kappa shape index (κ2) is 3.86. The molecule has 3 heteroatoms. The maximum Gasteiger partial charge on any atom is 0.128 e. The van der Waals surface area contributed by atoms with Crippen molar-refractivity contribution in [3.8, 4) is 0 Å². The topological polar surface area (TPSA) is 42.1 Å². The molecule has 0 spiro atoms. The van der Waals surface area contributed by atoms with Crippen LogP contribution >= 0.6 is 0 Å². The molecular weight excluding hydrogens is 174 g/mol. The van der Waals surface area contributed by atoms with E-state index in [9.17, 15) is 0 Å². The average molecular weight is 203 g/mol. The fourth-order valence-corrected chi connectivity index (χ4v) is 0.927. The number of piperidine rings is 1. The van der Waals surface area contributed by atoms with Crippen molar-refractivity contribution >= 4 is 11.5 Å². The third-order valence-electron chi connectivity index (χ3n) is 1.59. The van der Waals surface area contributed by atoms with E-state index in [0.29, 0.717) is 0 Å². The molecule has 0 bridgehead atoms. The molecule has 3 nitrogen and oxygen atoms in total. The second-order valence-electron chi connectivity index (χ2n) is 2.63. The average Bonchev–Trinajstić information content (AvgIpc) is 2.45. The van der Waals surface area contributed by atoms with Crippen molar-refractivity contribution in [2.75, 3.05) is 23.6 Å². The van der Waals surface area contributed by atoms with Crippen LogP contribution in [0.15, 0.2) is 18.3 Å². The van der Waals surface area contributed by atoms with Crippen molar-refractivity contribution in [1.29, 1.82) is 0 Å². The zero-order valence-corrected chi connectivity index (χ0v) is 7.20. The van der Waals surface area contributed by atoms with E-state index in [1.54, 1.807) is 0 Å². The zero-order chi connectivity index (χ0) is 20.6. The van der Waals surface area contributed by atoms with Crippen molar-refractivity contribution < 1.29 is 16.4 Å². The van der Waals surface area contributed by atoms with Crippen LogP contribution in [0.4, 0.5) is 11.5 Å². The summed E-state index contributed by atoms with van der Waals surface area (Å²) < 4.78 is 95.1. The van der Waals surface area contributed by atoms with Crippen LogP contribution in [-0.2, 0) is 0 Å². The molecule has 1 aliphatic heterocycles. The summed E-state index contributed by atoms with van der Waals surface area (Å²) in [5, 5.41) is 0. The molecule has 0 aliphatic carbocycles. The number of nitrogens with zero attached hydrogens (tertiary/aromatic N) is 2. The lowest BCUT2D eigenvalue weighted by molar-refractivity contribution is 0.436. The van der Waals surface area contributed by atoms with Gasteiger partial charge in [0.25, 0.3) is 0 Å². The van der Waals surface area contributed by atoms with Crippen LogP contribution in [0.5, 0.6) is 0 Å². The Morgan fingerprint density at radius 1 is 1.64 bits per heavy atom. The van der Waals surface area contributed by atoms with Gasteiger partial charge < -0.3 is 10.6 Å². The Kier molecular flexibility index (Phi) is 0.732. The number of aromatic nitrogens is 1. The standard InChI is InChI=1S/C11H17N3/c1-9-4-6-14(7-5-9)11-3-2-10(12)8-13-11/h2-3,8-9H,4-7,12H2,1H3/i1D3,4D2,5D2,6D2,7D2,9D. The summed E-state index contributed by atoms with van der Waals surface area (Å²) in [6.07, 6.45) is -6.26. The van der Waals surface area contributed by atoms with Crippen LogP contribution in [0.2, 0.25) is 0 Å². The summed E-state index contributed by atoms with van der Waals surface area (Å²) in [5.41, 5.74) is 5.63. The minimum atomic E-state index is -3.75. The van der Waals surface area contributed by atoms with Gasteiger partial charge in [0.2, 0.25) is 0 Å². The van der Waals surface area contributed by atoms with Crippen molar-refractivity contribution in [2.45, 2.75) is 19.6 Å². The number of hydrogen-bond acceptors (Lipinski definition) is 3. The smallest absolute Gasteiger partial charge is 0.128 e. The van der Waals surface area contributed by atoms with E-state index in [1.807, 2.05) is 0 Å². The largest absolute Gasteiger partial charge is 0.397 e. The predicted octanol–water partition coefficient (Wildman–Crippen LogP) is 1.90. The molecule has 76 valence electrons. The van der Waals surface area contributed by atoms with Crippen LogP contribution in [0.3, 0.4) is 0 Å². The normalized spacial score (nSPS) is 48.7. The van der Waals surface area contributed by atoms with Gasteiger partial charge >= 0.3 is 0 Å². The van der Waals surface area contributed by atoms with Crippen molar-refractivity contribution in [3.63, 3.8) is 0 Å². The SMILES string of the molecule is [2H]C([2H])([2H])C1([2H])C([2H])([2H])C([2H])([2H])N(c2ccc(N)cn2)C([2H])([2H])C1([2H])[2H]. The molecular formula is C11H17N3. The van der Waals surface area contributed by atoms with Crippen molar-refractivity contribution in [2.24, 2.45) is 5.89 Å². The lowest BCUT2D eigenvalue weighted by Crippen LogP contribution is -2.33. The van der Waals surface area contributed by atoms with E-state index in [2.05, 4.69) is 4.98 Å². The summed E-state index contributed by atoms with van der Waals surface area (Å²) in [5.74, 6) is -4.24. The molecule has 1 aromatic heterocycles. The van der Waals surface area contributed by atoms with Gasteiger partial charge in [-0.3, -0.25) is 0 Å². The zero-order valence-electron chi connectivity index (χ0n) is 19.2. The van der Waals surface area contributed by atoms with Gasteiger partial charge in [0.15, 0.2) is 0 Å². The van der Waals surface area contributed by atoms with Gasteiger partial charge in [-0.2, -0.15) is 0 Å². The monoisotopic (exact) mass is 203 g/mol. The second-order valence-corrected chi connectivity index (χ2v) is 2.63. The summed E-state index contributed by atoms with van der Waals surface area (Å²) in [4.78, 5) is 3.82. The van der Waals surface area contributed by atoms with Crippen LogP contribution in [-0.4, -0.2) is 18.0 Å². The third kappa shape index (κ3) is 1.97. The van der Waals surface area contributed by atoms with Gasteiger partial charge in [-0.05, 0) is 30.8 Å². The van der Waals surface area contributed by atoms with Crippen LogP contribution in [0.25, 0.3) is 0 Å². The first-order valence-electron chi connectivity index (χ1n) is 9.89. The van der Waals surface area contributed by atoms with E-state index in [0.717, 1.165) is 12.3 Å². The Bertz CT molecular complexity index is 667. The minimum Gasteiger partial charge on any atom is -0.397 e. The fraction of sp³-hybridized carbons (Fsp3) is 0.545. The Morgan fingerprint density at radius 3 is 3.00 bits per heavy atom. The molecule has 1 aliphatic rings. The van der Waals surface area contributed by atoms with Gasteiger partial charge in [0.1, 0.15) is 5.82 Å². The molecule has 1 fully saturated rings. The summed E-state index contributed by atoms with van der Waals surface area (Å²) in [6, 6.07) is 2.29. The highest BCUT2D eigenvalue weighted by Gasteiger charge is 2.16. The fourth-order valence-electron chi connectivity index (χ4n) is 0.927. The van der Waals surface area contributed by atoms with Crippen molar-refractivity contribution in [3.05, 3.63) is 18.3 Å². The Labute approximate surface area is 102 Å². The molecule has 14 heavy (non-hydrogen) atoms. The van der Waals surface area contributed by atoms with E-state index in [4.69, 9.17) is 22.2 Å². The summed E-state index contributed by atoms with van der Waals surface area (Å²) in [6.45, 7) is -10.5. The quantitative estimate of drug-likeness (QED) is 0.758. The molecule has 0 radical (unpaired) electrons.